The standard InChI is InChI=1S/C17H25N3/c1-4-11-18-13-17-14(2)19-20(15(17)3)12-10-16-8-6-5-7-9-16/h5-9,18H,4,10-13H2,1-3H3. The molecule has 1 heterocycles. The lowest BCUT2D eigenvalue weighted by Crippen LogP contribution is -2.15. The van der Waals surface area contributed by atoms with Gasteiger partial charge in [0.1, 0.15) is 0 Å². The quantitative estimate of drug-likeness (QED) is 0.783. The van der Waals surface area contributed by atoms with E-state index >= 15 is 0 Å². The van der Waals surface area contributed by atoms with Crippen LogP contribution in [0.25, 0.3) is 0 Å². The van der Waals surface area contributed by atoms with Crippen LogP contribution in [0.15, 0.2) is 30.3 Å². The fourth-order valence-electron chi connectivity index (χ4n) is 2.48. The second-order valence-electron chi connectivity index (χ2n) is 5.28. The van der Waals surface area contributed by atoms with Gasteiger partial charge < -0.3 is 5.32 Å². The molecule has 20 heavy (non-hydrogen) atoms. The molecule has 0 saturated carbocycles. The summed E-state index contributed by atoms with van der Waals surface area (Å²) in [5.74, 6) is 0. The van der Waals surface area contributed by atoms with Crippen molar-refractivity contribution in [2.75, 3.05) is 6.54 Å². The molecule has 3 nitrogen and oxygen atoms in total. The van der Waals surface area contributed by atoms with Crippen molar-refractivity contribution in [1.82, 2.24) is 15.1 Å². The van der Waals surface area contributed by atoms with Gasteiger partial charge in [0, 0.05) is 24.3 Å². The highest BCUT2D eigenvalue weighted by Gasteiger charge is 2.10. The number of aryl methyl sites for hydroxylation is 3. The fraction of sp³-hybridized carbons (Fsp3) is 0.471. The second kappa shape index (κ2) is 7.25. The van der Waals surface area contributed by atoms with Crippen molar-refractivity contribution < 1.29 is 0 Å². The number of benzene rings is 1. The fourth-order valence-corrected chi connectivity index (χ4v) is 2.48. The first-order valence-corrected chi connectivity index (χ1v) is 7.50. The number of hydrogen-bond acceptors (Lipinski definition) is 2. The maximum Gasteiger partial charge on any atom is 0.0641 e. The van der Waals surface area contributed by atoms with E-state index in [2.05, 4.69) is 66.2 Å². The van der Waals surface area contributed by atoms with Gasteiger partial charge in [-0.2, -0.15) is 5.10 Å². The Morgan fingerprint density at radius 3 is 2.60 bits per heavy atom. The molecule has 3 heteroatoms. The van der Waals surface area contributed by atoms with E-state index in [1.165, 1.54) is 23.2 Å². The summed E-state index contributed by atoms with van der Waals surface area (Å²) in [7, 11) is 0. The van der Waals surface area contributed by atoms with E-state index in [1.54, 1.807) is 0 Å². The van der Waals surface area contributed by atoms with Crippen molar-refractivity contribution in [2.45, 2.75) is 46.7 Å². The normalized spacial score (nSPS) is 10.9. The van der Waals surface area contributed by atoms with Crippen LogP contribution in [0.5, 0.6) is 0 Å². The smallest absolute Gasteiger partial charge is 0.0641 e. The zero-order chi connectivity index (χ0) is 14.4. The van der Waals surface area contributed by atoms with Crippen molar-refractivity contribution in [3.63, 3.8) is 0 Å². The number of aromatic nitrogens is 2. The third-order valence-electron chi connectivity index (χ3n) is 3.72. The van der Waals surface area contributed by atoms with E-state index in [-0.39, 0.29) is 0 Å². The minimum Gasteiger partial charge on any atom is -0.313 e. The molecule has 0 aliphatic rings. The molecule has 0 atom stereocenters. The first kappa shape index (κ1) is 14.8. The van der Waals surface area contributed by atoms with Gasteiger partial charge in [-0.15, -0.1) is 0 Å². The Hall–Kier alpha value is -1.61. The van der Waals surface area contributed by atoms with Crippen molar-refractivity contribution >= 4 is 0 Å². The molecule has 2 rings (SSSR count). The van der Waals surface area contributed by atoms with Crippen LogP contribution < -0.4 is 5.32 Å². The summed E-state index contributed by atoms with van der Waals surface area (Å²) in [6.45, 7) is 9.41. The molecule has 0 spiro atoms. The molecule has 1 aromatic heterocycles. The van der Waals surface area contributed by atoms with Crippen molar-refractivity contribution in [1.29, 1.82) is 0 Å². The Kier molecular flexibility index (Phi) is 5.36. The third kappa shape index (κ3) is 3.70. The van der Waals surface area contributed by atoms with Crippen LogP contribution in [0.1, 0.15) is 35.9 Å². The summed E-state index contributed by atoms with van der Waals surface area (Å²) in [6.07, 6.45) is 2.20. The Labute approximate surface area is 122 Å². The largest absolute Gasteiger partial charge is 0.313 e. The molecule has 0 saturated heterocycles. The topological polar surface area (TPSA) is 29.9 Å². The molecule has 0 fully saturated rings. The second-order valence-corrected chi connectivity index (χ2v) is 5.28. The van der Waals surface area contributed by atoms with E-state index < -0.39 is 0 Å². The van der Waals surface area contributed by atoms with Gasteiger partial charge in [0.15, 0.2) is 0 Å². The number of rotatable bonds is 7. The predicted molar refractivity (Wildman–Crippen MR) is 83.8 cm³/mol. The molecular formula is C17H25N3. The zero-order valence-corrected chi connectivity index (χ0v) is 12.8. The highest BCUT2D eigenvalue weighted by atomic mass is 15.3. The van der Waals surface area contributed by atoms with Gasteiger partial charge in [0.2, 0.25) is 0 Å². The van der Waals surface area contributed by atoms with E-state index in [4.69, 9.17) is 0 Å². The summed E-state index contributed by atoms with van der Waals surface area (Å²) in [6, 6.07) is 10.6. The van der Waals surface area contributed by atoms with Gasteiger partial charge >= 0.3 is 0 Å². The van der Waals surface area contributed by atoms with Crippen molar-refractivity contribution in [3.05, 3.63) is 52.8 Å². The van der Waals surface area contributed by atoms with Gasteiger partial charge in [0.05, 0.1) is 5.69 Å². The Morgan fingerprint density at radius 1 is 1.15 bits per heavy atom. The van der Waals surface area contributed by atoms with Gasteiger partial charge in [-0.1, -0.05) is 37.3 Å². The van der Waals surface area contributed by atoms with Crippen molar-refractivity contribution in [3.8, 4) is 0 Å². The molecule has 0 aliphatic heterocycles. The maximum absolute atomic E-state index is 4.68. The van der Waals surface area contributed by atoms with E-state index in [0.29, 0.717) is 0 Å². The molecule has 0 radical (unpaired) electrons. The van der Waals surface area contributed by atoms with Crippen LogP contribution in [0, 0.1) is 13.8 Å². The monoisotopic (exact) mass is 271 g/mol. The van der Waals surface area contributed by atoms with Gasteiger partial charge in [-0.25, -0.2) is 0 Å². The van der Waals surface area contributed by atoms with Crippen LogP contribution in [0.2, 0.25) is 0 Å². The van der Waals surface area contributed by atoms with E-state index in [0.717, 1.165) is 31.7 Å². The first-order valence-electron chi connectivity index (χ1n) is 7.50. The molecule has 0 aliphatic carbocycles. The summed E-state index contributed by atoms with van der Waals surface area (Å²) < 4.78 is 2.14. The minimum absolute atomic E-state index is 0.927. The summed E-state index contributed by atoms with van der Waals surface area (Å²) in [5, 5.41) is 8.15. The molecular weight excluding hydrogens is 246 g/mol. The Morgan fingerprint density at radius 2 is 1.90 bits per heavy atom. The lowest BCUT2D eigenvalue weighted by Gasteiger charge is -2.06. The van der Waals surface area contributed by atoms with Crippen molar-refractivity contribution in [2.24, 2.45) is 0 Å². The van der Waals surface area contributed by atoms with Crippen LogP contribution in [0.4, 0.5) is 0 Å². The molecule has 1 aromatic carbocycles. The highest BCUT2D eigenvalue weighted by Crippen LogP contribution is 2.13. The average molecular weight is 271 g/mol. The molecule has 2 aromatic rings. The lowest BCUT2D eigenvalue weighted by molar-refractivity contribution is 0.592. The number of hydrogen-bond donors (Lipinski definition) is 1. The summed E-state index contributed by atoms with van der Waals surface area (Å²) >= 11 is 0. The Bertz CT molecular complexity index is 529. The number of nitrogens with one attached hydrogen (secondary N) is 1. The van der Waals surface area contributed by atoms with Crippen LogP contribution in [-0.2, 0) is 19.5 Å². The average Bonchev–Trinajstić information content (AvgIpc) is 2.74. The molecule has 0 unspecified atom stereocenters. The zero-order valence-electron chi connectivity index (χ0n) is 12.8. The van der Waals surface area contributed by atoms with Gasteiger partial charge in [-0.05, 0) is 38.8 Å². The summed E-state index contributed by atoms with van der Waals surface area (Å²) in [5.41, 5.74) is 5.17. The maximum atomic E-state index is 4.68. The van der Waals surface area contributed by atoms with Crippen LogP contribution >= 0.6 is 0 Å². The SMILES string of the molecule is CCCNCc1c(C)nn(CCc2ccccc2)c1C. The van der Waals surface area contributed by atoms with Gasteiger partial charge in [0.25, 0.3) is 0 Å². The van der Waals surface area contributed by atoms with Crippen LogP contribution in [-0.4, -0.2) is 16.3 Å². The third-order valence-corrected chi connectivity index (χ3v) is 3.72. The minimum atomic E-state index is 0.927. The van der Waals surface area contributed by atoms with Crippen LogP contribution in [0.3, 0.4) is 0 Å². The highest BCUT2D eigenvalue weighted by molar-refractivity contribution is 5.24. The number of nitrogens with zero attached hydrogens (tertiary/aromatic N) is 2. The molecule has 0 bridgehead atoms. The molecule has 1 N–H and O–H groups in total. The van der Waals surface area contributed by atoms with E-state index in [9.17, 15) is 0 Å². The first-order chi connectivity index (χ1) is 9.72. The molecule has 0 amide bonds. The van der Waals surface area contributed by atoms with Gasteiger partial charge in [-0.3, -0.25) is 4.68 Å². The predicted octanol–water partition coefficient (Wildman–Crippen LogP) is 3.24. The van der Waals surface area contributed by atoms with E-state index in [1.807, 2.05) is 0 Å². The summed E-state index contributed by atoms with van der Waals surface area (Å²) in [4.78, 5) is 0. The molecule has 108 valence electrons. The Balaban J connectivity index is 2.00. The lowest BCUT2D eigenvalue weighted by atomic mass is 10.1.